The molecule has 2 fully saturated rings. The van der Waals surface area contributed by atoms with Gasteiger partial charge in [-0.15, -0.1) is 0 Å². The van der Waals surface area contributed by atoms with Crippen LogP contribution in [0.15, 0.2) is 23.8 Å². The number of methoxy groups -OCH3 is 1. The van der Waals surface area contributed by atoms with Crippen molar-refractivity contribution in [2.24, 2.45) is 0 Å². The zero-order chi connectivity index (χ0) is 17.2. The molecule has 1 N–H and O–H groups in total. The van der Waals surface area contributed by atoms with Gasteiger partial charge in [-0.3, -0.25) is 9.80 Å². The van der Waals surface area contributed by atoms with Crippen LogP contribution in [-0.4, -0.2) is 73.5 Å². The van der Waals surface area contributed by atoms with Crippen LogP contribution in [0.5, 0.6) is 11.5 Å². The molecule has 25 heavy (non-hydrogen) atoms. The molecule has 136 valence electrons. The van der Waals surface area contributed by atoms with Gasteiger partial charge < -0.3 is 14.6 Å². The SMILES string of the molecule is COc1ccc2c(c1)C=C(CN1CC3CCCN3C[C@@H]1CCO)CO2. The van der Waals surface area contributed by atoms with Crippen molar-refractivity contribution in [3.05, 3.63) is 29.3 Å². The predicted molar refractivity (Wildman–Crippen MR) is 98.1 cm³/mol. The van der Waals surface area contributed by atoms with Gasteiger partial charge in [-0.2, -0.15) is 0 Å². The fraction of sp³-hybridized carbons (Fsp3) is 0.600. The largest absolute Gasteiger partial charge is 0.497 e. The molecule has 5 nitrogen and oxygen atoms in total. The number of fused-ring (bicyclic) bond motifs is 2. The van der Waals surface area contributed by atoms with Crippen molar-refractivity contribution in [1.29, 1.82) is 0 Å². The van der Waals surface area contributed by atoms with E-state index in [-0.39, 0.29) is 6.61 Å². The van der Waals surface area contributed by atoms with Crippen LogP contribution in [0.2, 0.25) is 0 Å². The van der Waals surface area contributed by atoms with Crippen molar-refractivity contribution in [1.82, 2.24) is 9.80 Å². The molecule has 0 spiro atoms. The van der Waals surface area contributed by atoms with Gasteiger partial charge in [0, 0.05) is 43.9 Å². The molecule has 3 heterocycles. The molecule has 1 unspecified atom stereocenters. The fourth-order valence-electron chi connectivity index (χ4n) is 4.45. The summed E-state index contributed by atoms with van der Waals surface area (Å²) in [6, 6.07) is 7.08. The number of rotatable bonds is 5. The number of ether oxygens (including phenoxy) is 2. The summed E-state index contributed by atoms with van der Waals surface area (Å²) in [6.07, 6.45) is 5.71. The van der Waals surface area contributed by atoms with Gasteiger partial charge in [-0.05, 0) is 55.7 Å². The number of piperazine rings is 1. The first-order valence-corrected chi connectivity index (χ1v) is 9.36. The van der Waals surface area contributed by atoms with Crippen LogP contribution in [0, 0.1) is 0 Å². The fourth-order valence-corrected chi connectivity index (χ4v) is 4.45. The average Bonchev–Trinajstić information content (AvgIpc) is 3.08. The molecule has 0 aliphatic carbocycles. The summed E-state index contributed by atoms with van der Waals surface area (Å²) in [6.45, 7) is 5.24. The van der Waals surface area contributed by atoms with Crippen molar-refractivity contribution >= 4 is 6.08 Å². The Hall–Kier alpha value is -1.56. The highest BCUT2D eigenvalue weighted by Crippen LogP contribution is 2.31. The van der Waals surface area contributed by atoms with Crippen molar-refractivity contribution in [2.75, 3.05) is 46.5 Å². The van der Waals surface area contributed by atoms with E-state index in [2.05, 4.69) is 15.9 Å². The standard InChI is InChI=1S/C20H28N2O3/c1-24-19-4-5-20-16(10-19)9-15(14-25-20)11-22-13-17-3-2-7-21(17)12-18(22)6-8-23/h4-5,9-10,17-18,23H,2-3,6-8,11-14H2,1H3/t17?,18-/m0/s1. The lowest BCUT2D eigenvalue weighted by Gasteiger charge is -2.44. The highest BCUT2D eigenvalue weighted by atomic mass is 16.5. The van der Waals surface area contributed by atoms with Gasteiger partial charge in [-0.25, -0.2) is 0 Å². The highest BCUT2D eigenvalue weighted by Gasteiger charge is 2.36. The Labute approximate surface area is 149 Å². The van der Waals surface area contributed by atoms with E-state index in [1.807, 2.05) is 18.2 Å². The van der Waals surface area contributed by atoms with Crippen molar-refractivity contribution in [2.45, 2.75) is 31.3 Å². The maximum atomic E-state index is 9.47. The molecule has 0 aromatic heterocycles. The Morgan fingerprint density at radius 1 is 1.32 bits per heavy atom. The molecule has 0 saturated carbocycles. The van der Waals surface area contributed by atoms with Crippen molar-refractivity contribution in [3.8, 4) is 11.5 Å². The molecule has 1 aromatic carbocycles. The Kier molecular flexibility index (Phi) is 4.97. The number of benzene rings is 1. The smallest absolute Gasteiger partial charge is 0.127 e. The van der Waals surface area contributed by atoms with Crippen LogP contribution in [0.1, 0.15) is 24.8 Å². The van der Waals surface area contributed by atoms with E-state index in [1.165, 1.54) is 25.0 Å². The topological polar surface area (TPSA) is 45.2 Å². The van der Waals surface area contributed by atoms with Crippen LogP contribution in [0.25, 0.3) is 6.08 Å². The Bertz CT molecular complexity index is 646. The predicted octanol–water partition coefficient (Wildman–Crippen LogP) is 2.00. The van der Waals surface area contributed by atoms with Crippen molar-refractivity contribution in [3.63, 3.8) is 0 Å². The molecule has 4 rings (SSSR count). The summed E-state index contributed by atoms with van der Waals surface area (Å²) >= 11 is 0. The lowest BCUT2D eigenvalue weighted by molar-refractivity contribution is 0.0438. The van der Waals surface area contributed by atoms with Gasteiger partial charge in [0.25, 0.3) is 0 Å². The first kappa shape index (κ1) is 16.9. The third-order valence-corrected chi connectivity index (χ3v) is 5.76. The highest BCUT2D eigenvalue weighted by molar-refractivity contribution is 5.64. The monoisotopic (exact) mass is 344 g/mol. The quantitative estimate of drug-likeness (QED) is 0.885. The minimum absolute atomic E-state index is 0.259. The van der Waals surface area contributed by atoms with E-state index in [0.717, 1.165) is 43.1 Å². The molecule has 1 aromatic rings. The van der Waals surface area contributed by atoms with Crippen LogP contribution in [0.3, 0.4) is 0 Å². The third-order valence-electron chi connectivity index (χ3n) is 5.76. The summed E-state index contributed by atoms with van der Waals surface area (Å²) in [5, 5.41) is 9.47. The van der Waals surface area contributed by atoms with Gasteiger partial charge in [0.05, 0.1) is 7.11 Å². The Morgan fingerprint density at radius 2 is 2.24 bits per heavy atom. The number of hydrogen-bond donors (Lipinski definition) is 1. The molecule has 3 aliphatic rings. The number of hydrogen-bond acceptors (Lipinski definition) is 5. The summed E-state index contributed by atoms with van der Waals surface area (Å²) in [4.78, 5) is 5.17. The van der Waals surface area contributed by atoms with E-state index in [4.69, 9.17) is 9.47 Å². The van der Waals surface area contributed by atoms with Gasteiger partial charge in [0.2, 0.25) is 0 Å². The molecule has 2 atom stereocenters. The Morgan fingerprint density at radius 3 is 3.08 bits per heavy atom. The van der Waals surface area contributed by atoms with Gasteiger partial charge in [0.1, 0.15) is 18.1 Å². The second-order valence-corrected chi connectivity index (χ2v) is 7.38. The normalized spacial score (nSPS) is 26.6. The van der Waals surface area contributed by atoms with Gasteiger partial charge in [0.15, 0.2) is 0 Å². The van der Waals surface area contributed by atoms with Crippen LogP contribution >= 0.6 is 0 Å². The number of aliphatic hydroxyl groups is 1. The second kappa shape index (κ2) is 7.36. The molecular weight excluding hydrogens is 316 g/mol. The van der Waals surface area contributed by atoms with Gasteiger partial charge in [-0.1, -0.05) is 0 Å². The molecule has 0 amide bonds. The molecule has 3 aliphatic heterocycles. The molecule has 0 bridgehead atoms. The van der Waals surface area contributed by atoms with E-state index in [9.17, 15) is 5.11 Å². The molecule has 5 heteroatoms. The van der Waals surface area contributed by atoms with Crippen LogP contribution in [-0.2, 0) is 0 Å². The Balaban J connectivity index is 1.50. The van der Waals surface area contributed by atoms with E-state index in [1.54, 1.807) is 7.11 Å². The van der Waals surface area contributed by atoms with Crippen LogP contribution in [0.4, 0.5) is 0 Å². The van der Waals surface area contributed by atoms with Crippen LogP contribution < -0.4 is 9.47 Å². The maximum absolute atomic E-state index is 9.47. The summed E-state index contributed by atoms with van der Waals surface area (Å²) < 4.78 is 11.3. The van der Waals surface area contributed by atoms with Gasteiger partial charge >= 0.3 is 0 Å². The minimum atomic E-state index is 0.259. The summed E-state index contributed by atoms with van der Waals surface area (Å²) in [7, 11) is 1.69. The zero-order valence-corrected chi connectivity index (χ0v) is 15.0. The molecule has 0 radical (unpaired) electrons. The lowest BCUT2D eigenvalue weighted by Crippen LogP contribution is -2.56. The lowest BCUT2D eigenvalue weighted by atomic mass is 10.0. The average molecular weight is 344 g/mol. The molecular formula is C20H28N2O3. The number of aliphatic hydroxyl groups excluding tert-OH is 1. The van der Waals surface area contributed by atoms with E-state index >= 15 is 0 Å². The first-order valence-electron chi connectivity index (χ1n) is 9.36. The third kappa shape index (κ3) is 3.54. The first-order chi connectivity index (χ1) is 12.3. The second-order valence-electron chi connectivity index (χ2n) is 7.38. The maximum Gasteiger partial charge on any atom is 0.127 e. The summed E-state index contributed by atoms with van der Waals surface area (Å²) in [5.74, 6) is 1.79. The van der Waals surface area contributed by atoms with Crippen molar-refractivity contribution < 1.29 is 14.6 Å². The minimum Gasteiger partial charge on any atom is -0.497 e. The zero-order valence-electron chi connectivity index (χ0n) is 15.0. The van der Waals surface area contributed by atoms with E-state index < -0.39 is 0 Å². The number of nitrogens with zero attached hydrogens (tertiary/aromatic N) is 2. The van der Waals surface area contributed by atoms with E-state index in [0.29, 0.717) is 18.7 Å². The molecule has 2 saturated heterocycles. The summed E-state index contributed by atoms with van der Waals surface area (Å²) in [5.41, 5.74) is 2.40.